The summed E-state index contributed by atoms with van der Waals surface area (Å²) in [5.74, 6) is -1.18. The fraction of sp³-hybridized carbons (Fsp3) is 0.417. The number of rotatable bonds is 5. The highest BCUT2D eigenvalue weighted by atomic mass is 32.2. The second-order valence-electron chi connectivity index (χ2n) is 4.42. The van der Waals surface area contributed by atoms with Gasteiger partial charge >= 0.3 is 5.97 Å². The topological polar surface area (TPSA) is 77.9 Å². The molecule has 0 amide bonds. The van der Waals surface area contributed by atoms with E-state index in [9.17, 15) is 13.2 Å². The highest BCUT2D eigenvalue weighted by Crippen LogP contribution is 2.20. The maximum absolute atomic E-state index is 12.2. The van der Waals surface area contributed by atoms with Crippen LogP contribution in [0.3, 0.4) is 0 Å². The zero-order chi connectivity index (χ0) is 14.8. The lowest BCUT2D eigenvalue weighted by molar-refractivity contribution is -0.140. The van der Waals surface area contributed by atoms with E-state index in [1.807, 2.05) is 19.0 Å². The molecule has 0 aliphatic rings. The van der Waals surface area contributed by atoms with E-state index in [0.29, 0.717) is 0 Å². The third-order valence-electron chi connectivity index (χ3n) is 2.93. The van der Waals surface area contributed by atoms with Gasteiger partial charge in [-0.3, -0.25) is 4.79 Å². The lowest BCUT2D eigenvalue weighted by atomic mass is 10.3. The summed E-state index contributed by atoms with van der Waals surface area (Å²) in [5.41, 5.74) is 0.868. The van der Waals surface area contributed by atoms with E-state index in [0.717, 1.165) is 9.99 Å². The van der Waals surface area contributed by atoms with Gasteiger partial charge in [0.15, 0.2) is 0 Å². The van der Waals surface area contributed by atoms with Gasteiger partial charge in [0.1, 0.15) is 6.04 Å². The first-order chi connectivity index (χ1) is 8.67. The molecule has 1 N–H and O–H groups in total. The normalized spacial score (nSPS) is 13.3. The first-order valence-corrected chi connectivity index (χ1v) is 7.10. The van der Waals surface area contributed by atoms with E-state index >= 15 is 0 Å². The quantitative estimate of drug-likeness (QED) is 0.868. The van der Waals surface area contributed by atoms with Crippen LogP contribution in [0, 0.1) is 0 Å². The van der Waals surface area contributed by atoms with Crippen molar-refractivity contribution in [1.29, 1.82) is 0 Å². The van der Waals surface area contributed by atoms with Crippen molar-refractivity contribution in [1.82, 2.24) is 4.31 Å². The van der Waals surface area contributed by atoms with Crippen molar-refractivity contribution in [3.63, 3.8) is 0 Å². The summed E-state index contributed by atoms with van der Waals surface area (Å²) in [4.78, 5) is 12.8. The van der Waals surface area contributed by atoms with Gasteiger partial charge in [0.05, 0.1) is 4.90 Å². The minimum atomic E-state index is -3.79. The van der Waals surface area contributed by atoms with Gasteiger partial charge in [-0.05, 0) is 31.2 Å². The van der Waals surface area contributed by atoms with Crippen LogP contribution in [0.15, 0.2) is 29.2 Å². The van der Waals surface area contributed by atoms with Crippen molar-refractivity contribution in [2.45, 2.75) is 17.9 Å². The van der Waals surface area contributed by atoms with Crippen LogP contribution in [0.5, 0.6) is 0 Å². The molecule has 106 valence electrons. The number of carbonyl (C=O) groups is 1. The molecule has 0 bridgehead atoms. The molecule has 0 saturated heterocycles. The first-order valence-electron chi connectivity index (χ1n) is 5.66. The van der Waals surface area contributed by atoms with E-state index < -0.39 is 22.0 Å². The van der Waals surface area contributed by atoms with Crippen LogP contribution in [-0.2, 0) is 14.8 Å². The highest BCUT2D eigenvalue weighted by Gasteiger charge is 2.29. The number of anilines is 1. The molecule has 1 rings (SSSR count). The van der Waals surface area contributed by atoms with Crippen LogP contribution < -0.4 is 4.90 Å². The molecule has 0 heterocycles. The second-order valence-corrected chi connectivity index (χ2v) is 6.42. The van der Waals surface area contributed by atoms with Gasteiger partial charge < -0.3 is 10.0 Å². The SMILES string of the molecule is CC(C(=O)O)N(C)S(=O)(=O)c1ccc(N(C)C)cc1. The van der Waals surface area contributed by atoms with E-state index in [-0.39, 0.29) is 4.90 Å². The molecule has 0 spiro atoms. The van der Waals surface area contributed by atoms with Gasteiger partial charge in [-0.2, -0.15) is 4.31 Å². The predicted molar refractivity (Wildman–Crippen MR) is 72.8 cm³/mol. The van der Waals surface area contributed by atoms with Gasteiger partial charge in [0.25, 0.3) is 0 Å². The van der Waals surface area contributed by atoms with E-state index in [1.165, 1.54) is 26.1 Å². The fourth-order valence-corrected chi connectivity index (χ4v) is 2.77. The Morgan fingerprint density at radius 1 is 1.16 bits per heavy atom. The Kier molecular flexibility index (Phi) is 4.54. The number of nitrogens with zero attached hydrogens (tertiary/aromatic N) is 2. The van der Waals surface area contributed by atoms with Crippen molar-refractivity contribution in [3.8, 4) is 0 Å². The Bertz CT molecular complexity index is 552. The maximum atomic E-state index is 12.2. The Morgan fingerprint density at radius 2 is 1.63 bits per heavy atom. The number of likely N-dealkylation sites (N-methyl/N-ethyl adjacent to an activating group) is 1. The average molecular weight is 286 g/mol. The molecular formula is C12H18N2O4S. The molecule has 1 aromatic rings. The van der Waals surface area contributed by atoms with Gasteiger partial charge in [-0.25, -0.2) is 8.42 Å². The van der Waals surface area contributed by atoms with Crippen LogP contribution in [0.1, 0.15) is 6.92 Å². The third kappa shape index (κ3) is 3.24. The molecule has 0 radical (unpaired) electrons. The van der Waals surface area contributed by atoms with Crippen LogP contribution in [-0.4, -0.2) is 51.0 Å². The lowest BCUT2D eigenvalue weighted by Crippen LogP contribution is -2.40. The van der Waals surface area contributed by atoms with Crippen LogP contribution in [0.4, 0.5) is 5.69 Å². The summed E-state index contributed by atoms with van der Waals surface area (Å²) in [6, 6.07) is 5.17. The Balaban J connectivity index is 3.10. The number of carboxylic acids is 1. The minimum Gasteiger partial charge on any atom is -0.480 e. The zero-order valence-corrected chi connectivity index (χ0v) is 12.2. The maximum Gasteiger partial charge on any atom is 0.321 e. The monoisotopic (exact) mass is 286 g/mol. The third-order valence-corrected chi connectivity index (χ3v) is 4.88. The number of sulfonamides is 1. The first kappa shape index (κ1) is 15.5. The molecular weight excluding hydrogens is 268 g/mol. The highest BCUT2D eigenvalue weighted by molar-refractivity contribution is 7.89. The average Bonchev–Trinajstić information content (AvgIpc) is 2.36. The summed E-state index contributed by atoms with van der Waals surface area (Å²) in [7, 11) is 1.16. The van der Waals surface area contributed by atoms with Crippen molar-refractivity contribution in [2.24, 2.45) is 0 Å². The van der Waals surface area contributed by atoms with Crippen molar-refractivity contribution < 1.29 is 18.3 Å². The van der Waals surface area contributed by atoms with E-state index in [1.54, 1.807) is 12.1 Å². The van der Waals surface area contributed by atoms with Crippen LogP contribution >= 0.6 is 0 Å². The molecule has 7 heteroatoms. The molecule has 6 nitrogen and oxygen atoms in total. The molecule has 0 aliphatic heterocycles. The van der Waals surface area contributed by atoms with E-state index in [2.05, 4.69) is 0 Å². The number of aliphatic carboxylic acids is 1. The molecule has 0 saturated carbocycles. The van der Waals surface area contributed by atoms with Crippen LogP contribution in [0.25, 0.3) is 0 Å². The summed E-state index contributed by atoms with van der Waals surface area (Å²) in [5, 5.41) is 8.87. The smallest absolute Gasteiger partial charge is 0.321 e. The van der Waals surface area contributed by atoms with Gasteiger partial charge in [0, 0.05) is 26.8 Å². The number of hydrogen-bond acceptors (Lipinski definition) is 4. The summed E-state index contributed by atoms with van der Waals surface area (Å²) < 4.78 is 25.3. The summed E-state index contributed by atoms with van der Waals surface area (Å²) >= 11 is 0. The van der Waals surface area contributed by atoms with Gasteiger partial charge in [0.2, 0.25) is 10.0 Å². The largest absolute Gasteiger partial charge is 0.480 e. The molecule has 0 aliphatic carbocycles. The lowest BCUT2D eigenvalue weighted by Gasteiger charge is -2.21. The summed E-state index contributed by atoms with van der Waals surface area (Å²) in [6.45, 7) is 1.33. The van der Waals surface area contributed by atoms with E-state index in [4.69, 9.17) is 5.11 Å². The minimum absolute atomic E-state index is 0.0775. The standard InChI is InChI=1S/C12H18N2O4S/c1-9(12(15)16)14(4)19(17,18)11-7-5-10(6-8-11)13(2)3/h5-9H,1-4H3,(H,15,16). The predicted octanol–water partition coefficient (Wildman–Crippen LogP) is 0.846. The Hall–Kier alpha value is -1.60. The molecule has 0 fully saturated rings. The van der Waals surface area contributed by atoms with Crippen molar-refractivity contribution in [3.05, 3.63) is 24.3 Å². The zero-order valence-electron chi connectivity index (χ0n) is 11.4. The van der Waals surface area contributed by atoms with Gasteiger partial charge in [-0.15, -0.1) is 0 Å². The molecule has 1 aromatic carbocycles. The van der Waals surface area contributed by atoms with Crippen LogP contribution in [0.2, 0.25) is 0 Å². The van der Waals surface area contributed by atoms with Crippen molar-refractivity contribution >= 4 is 21.7 Å². The Morgan fingerprint density at radius 3 is 2.00 bits per heavy atom. The van der Waals surface area contributed by atoms with Gasteiger partial charge in [-0.1, -0.05) is 0 Å². The summed E-state index contributed by atoms with van der Waals surface area (Å²) in [6.07, 6.45) is 0. The molecule has 1 unspecified atom stereocenters. The molecule has 19 heavy (non-hydrogen) atoms. The number of carboxylic acid groups (broad SMARTS) is 1. The second kappa shape index (κ2) is 5.58. The fourth-order valence-electron chi connectivity index (χ4n) is 1.45. The number of hydrogen-bond donors (Lipinski definition) is 1. The molecule has 1 atom stereocenters. The Labute approximate surface area is 113 Å². The van der Waals surface area contributed by atoms with Crippen molar-refractivity contribution in [2.75, 3.05) is 26.0 Å². The molecule has 0 aromatic heterocycles. The number of benzene rings is 1.